The number of halogens is 1. The topological polar surface area (TPSA) is 59.1 Å². The molecule has 0 fully saturated rings. The van der Waals surface area contributed by atoms with E-state index in [9.17, 15) is 8.42 Å². The van der Waals surface area contributed by atoms with Gasteiger partial charge in [0.25, 0.3) is 0 Å². The van der Waals surface area contributed by atoms with E-state index in [0.717, 1.165) is 0 Å². The Morgan fingerprint density at radius 1 is 1.53 bits per heavy atom. The van der Waals surface area contributed by atoms with E-state index in [1.165, 1.54) is 6.20 Å². The third-order valence-corrected chi connectivity index (χ3v) is 3.51. The van der Waals surface area contributed by atoms with Gasteiger partial charge in [0.2, 0.25) is 10.0 Å². The van der Waals surface area contributed by atoms with E-state index in [1.807, 2.05) is 13.8 Å². The zero-order valence-corrected chi connectivity index (χ0v) is 10.1. The molecule has 1 aromatic heterocycles. The number of aromatic nitrogens is 1. The summed E-state index contributed by atoms with van der Waals surface area (Å²) < 4.78 is 25.5. The third kappa shape index (κ3) is 4.05. The van der Waals surface area contributed by atoms with Crippen molar-refractivity contribution in [3.63, 3.8) is 0 Å². The molecule has 0 amide bonds. The number of rotatable bonds is 4. The Morgan fingerprint density at radius 3 is 2.73 bits per heavy atom. The summed E-state index contributed by atoms with van der Waals surface area (Å²) in [6.07, 6.45) is 1.50. The number of hydrogen-bond acceptors (Lipinski definition) is 3. The van der Waals surface area contributed by atoms with Gasteiger partial charge in [-0.15, -0.1) is 0 Å². The van der Waals surface area contributed by atoms with E-state index >= 15 is 0 Å². The molecule has 1 rings (SSSR count). The number of anilines is 1. The highest BCUT2D eigenvalue weighted by molar-refractivity contribution is 7.92. The van der Waals surface area contributed by atoms with E-state index < -0.39 is 10.0 Å². The van der Waals surface area contributed by atoms with Gasteiger partial charge in [-0.25, -0.2) is 13.4 Å². The van der Waals surface area contributed by atoms with Crippen LogP contribution in [0.4, 0.5) is 5.69 Å². The van der Waals surface area contributed by atoms with E-state index in [0.29, 0.717) is 5.69 Å². The molecule has 0 bridgehead atoms. The minimum absolute atomic E-state index is 0.0675. The van der Waals surface area contributed by atoms with Crippen LogP contribution in [0.3, 0.4) is 0 Å². The van der Waals surface area contributed by atoms with E-state index in [4.69, 9.17) is 11.6 Å². The number of pyridine rings is 1. The van der Waals surface area contributed by atoms with Gasteiger partial charge < -0.3 is 0 Å². The van der Waals surface area contributed by atoms with Gasteiger partial charge >= 0.3 is 0 Å². The first-order valence-electron chi connectivity index (χ1n) is 4.52. The van der Waals surface area contributed by atoms with Gasteiger partial charge in [-0.3, -0.25) is 4.72 Å². The molecule has 0 aliphatic rings. The molecule has 1 aromatic rings. The smallest absolute Gasteiger partial charge is 0.233 e. The second-order valence-electron chi connectivity index (χ2n) is 3.62. The van der Waals surface area contributed by atoms with Crippen molar-refractivity contribution in [2.75, 3.05) is 10.5 Å². The molecule has 84 valence electrons. The average Bonchev–Trinajstić information content (AvgIpc) is 2.06. The molecule has 0 unspecified atom stereocenters. The molecule has 1 heterocycles. The van der Waals surface area contributed by atoms with Gasteiger partial charge in [-0.2, -0.15) is 0 Å². The van der Waals surface area contributed by atoms with Crippen LogP contribution in [0.2, 0.25) is 5.15 Å². The van der Waals surface area contributed by atoms with Crippen LogP contribution in [0.1, 0.15) is 13.8 Å². The van der Waals surface area contributed by atoms with Crippen molar-refractivity contribution in [3.8, 4) is 0 Å². The van der Waals surface area contributed by atoms with Crippen LogP contribution in [-0.2, 0) is 10.0 Å². The Morgan fingerprint density at radius 2 is 2.20 bits per heavy atom. The predicted molar refractivity (Wildman–Crippen MR) is 61.5 cm³/mol. The highest BCUT2D eigenvalue weighted by Crippen LogP contribution is 2.19. The lowest BCUT2D eigenvalue weighted by Gasteiger charge is -2.10. The quantitative estimate of drug-likeness (QED) is 0.831. The Bertz CT molecular complexity index is 431. The monoisotopic (exact) mass is 248 g/mol. The van der Waals surface area contributed by atoms with Crippen molar-refractivity contribution in [2.45, 2.75) is 13.8 Å². The Hall–Kier alpha value is -0.810. The van der Waals surface area contributed by atoms with Crippen molar-refractivity contribution >= 4 is 27.3 Å². The Balaban J connectivity index is 2.83. The van der Waals surface area contributed by atoms with Crippen LogP contribution >= 0.6 is 11.6 Å². The maximum absolute atomic E-state index is 11.6. The van der Waals surface area contributed by atoms with Crippen LogP contribution < -0.4 is 4.72 Å². The van der Waals surface area contributed by atoms with Gasteiger partial charge in [-0.05, 0) is 18.1 Å². The molecule has 0 aliphatic heterocycles. The largest absolute Gasteiger partial charge is 0.280 e. The van der Waals surface area contributed by atoms with Gasteiger partial charge in [0.05, 0.1) is 11.4 Å². The zero-order valence-electron chi connectivity index (χ0n) is 8.57. The normalized spacial score (nSPS) is 11.7. The van der Waals surface area contributed by atoms with Gasteiger partial charge in [0, 0.05) is 6.20 Å². The molecule has 0 spiro atoms. The number of nitrogens with one attached hydrogen (secondary N) is 1. The summed E-state index contributed by atoms with van der Waals surface area (Å²) in [6, 6.07) is 3.20. The second kappa shape index (κ2) is 4.81. The summed E-state index contributed by atoms with van der Waals surface area (Å²) in [6.45, 7) is 3.67. The van der Waals surface area contributed by atoms with Crippen LogP contribution in [0, 0.1) is 5.92 Å². The first-order valence-corrected chi connectivity index (χ1v) is 6.55. The lowest BCUT2D eigenvalue weighted by atomic mass is 10.3. The highest BCUT2D eigenvalue weighted by Gasteiger charge is 2.14. The standard InChI is InChI=1S/C9H13ClN2O2S/c1-7(2)6-15(13,14)12-8-4-3-5-11-9(8)10/h3-5,7,12H,6H2,1-2H3. The van der Waals surface area contributed by atoms with Crippen LogP contribution in [0.5, 0.6) is 0 Å². The Kier molecular flexibility index (Phi) is 3.93. The van der Waals surface area contributed by atoms with Crippen molar-refractivity contribution in [1.29, 1.82) is 0 Å². The predicted octanol–water partition coefficient (Wildman–Crippen LogP) is 2.13. The summed E-state index contributed by atoms with van der Waals surface area (Å²) in [5.41, 5.74) is 0.319. The maximum Gasteiger partial charge on any atom is 0.233 e. The van der Waals surface area contributed by atoms with Crippen molar-refractivity contribution in [3.05, 3.63) is 23.5 Å². The molecule has 0 saturated heterocycles. The molecule has 0 aliphatic carbocycles. The molecule has 6 heteroatoms. The fourth-order valence-corrected chi connectivity index (χ4v) is 2.79. The number of hydrogen-bond donors (Lipinski definition) is 1. The summed E-state index contributed by atoms with van der Waals surface area (Å²) in [4.78, 5) is 3.78. The van der Waals surface area contributed by atoms with E-state index in [-0.39, 0.29) is 16.8 Å². The summed E-state index contributed by atoms with van der Waals surface area (Å²) >= 11 is 5.73. The number of sulfonamides is 1. The molecule has 15 heavy (non-hydrogen) atoms. The van der Waals surface area contributed by atoms with Gasteiger partial charge in [0.1, 0.15) is 0 Å². The average molecular weight is 249 g/mol. The molecule has 0 atom stereocenters. The fraction of sp³-hybridized carbons (Fsp3) is 0.444. The SMILES string of the molecule is CC(C)CS(=O)(=O)Nc1cccnc1Cl. The van der Waals surface area contributed by atoms with E-state index in [1.54, 1.807) is 12.1 Å². The van der Waals surface area contributed by atoms with Gasteiger partial charge in [0.15, 0.2) is 5.15 Å². The first-order chi connectivity index (χ1) is 6.91. The minimum atomic E-state index is -3.33. The van der Waals surface area contributed by atoms with Crippen LogP contribution in [-0.4, -0.2) is 19.2 Å². The second-order valence-corrected chi connectivity index (χ2v) is 5.74. The fourth-order valence-electron chi connectivity index (χ4n) is 1.11. The maximum atomic E-state index is 11.6. The summed E-state index contributed by atoms with van der Waals surface area (Å²) in [5.74, 6) is 0.135. The third-order valence-electron chi connectivity index (χ3n) is 1.58. The van der Waals surface area contributed by atoms with Crippen molar-refractivity contribution < 1.29 is 8.42 Å². The zero-order chi connectivity index (χ0) is 11.5. The molecular weight excluding hydrogens is 236 g/mol. The highest BCUT2D eigenvalue weighted by atomic mass is 35.5. The Labute approximate surface area is 94.7 Å². The lowest BCUT2D eigenvalue weighted by molar-refractivity contribution is 0.587. The minimum Gasteiger partial charge on any atom is -0.280 e. The number of nitrogens with zero attached hydrogens (tertiary/aromatic N) is 1. The molecular formula is C9H13ClN2O2S. The molecule has 0 aromatic carbocycles. The lowest BCUT2D eigenvalue weighted by Crippen LogP contribution is -2.20. The van der Waals surface area contributed by atoms with Crippen LogP contribution in [0.15, 0.2) is 18.3 Å². The molecule has 0 radical (unpaired) electrons. The summed E-state index contributed by atoms with van der Waals surface area (Å²) in [5, 5.41) is 0.157. The van der Waals surface area contributed by atoms with Gasteiger partial charge in [-0.1, -0.05) is 25.4 Å². The van der Waals surface area contributed by atoms with Crippen molar-refractivity contribution in [2.24, 2.45) is 5.92 Å². The summed E-state index contributed by atoms with van der Waals surface area (Å²) in [7, 11) is -3.33. The molecule has 1 N–H and O–H groups in total. The first kappa shape index (κ1) is 12.3. The van der Waals surface area contributed by atoms with Crippen molar-refractivity contribution in [1.82, 2.24) is 4.98 Å². The van der Waals surface area contributed by atoms with Crippen LogP contribution in [0.25, 0.3) is 0 Å². The van der Waals surface area contributed by atoms with E-state index in [2.05, 4.69) is 9.71 Å². The molecule has 0 saturated carbocycles. The molecule has 4 nitrogen and oxygen atoms in total.